The fourth-order valence-corrected chi connectivity index (χ4v) is 2.99. The Hall–Kier alpha value is -0.770. The van der Waals surface area contributed by atoms with Crippen molar-refractivity contribution >= 4 is 11.6 Å². The molecule has 2 rings (SSSR count). The second-order valence-electron chi connectivity index (χ2n) is 5.50. The Morgan fingerprint density at radius 1 is 1.40 bits per heavy atom. The second kappa shape index (κ2) is 7.30. The zero-order valence-electron chi connectivity index (χ0n) is 12.2. The molecule has 0 fully saturated rings. The lowest BCUT2D eigenvalue weighted by molar-refractivity contribution is 0.0978. The molecule has 1 aromatic carbocycles. The van der Waals surface area contributed by atoms with Gasteiger partial charge >= 0.3 is 0 Å². The van der Waals surface area contributed by atoms with Crippen LogP contribution in [0.1, 0.15) is 32.3 Å². The van der Waals surface area contributed by atoms with Gasteiger partial charge in [0.15, 0.2) is 0 Å². The van der Waals surface area contributed by atoms with E-state index in [1.807, 2.05) is 18.2 Å². The lowest BCUT2D eigenvalue weighted by Crippen LogP contribution is -2.37. The van der Waals surface area contributed by atoms with Gasteiger partial charge in [-0.25, -0.2) is 0 Å². The van der Waals surface area contributed by atoms with Crippen molar-refractivity contribution < 1.29 is 9.84 Å². The first-order valence-corrected chi connectivity index (χ1v) is 7.85. The van der Waals surface area contributed by atoms with Crippen molar-refractivity contribution in [2.45, 2.75) is 45.3 Å². The van der Waals surface area contributed by atoms with E-state index in [1.165, 1.54) is 5.56 Å². The molecule has 0 saturated carbocycles. The maximum absolute atomic E-state index is 10.1. The number of aliphatic hydroxyl groups is 1. The van der Waals surface area contributed by atoms with Gasteiger partial charge in [0, 0.05) is 24.5 Å². The minimum absolute atomic E-state index is 0.136. The number of aliphatic hydroxyl groups excluding tert-OH is 1. The highest BCUT2D eigenvalue weighted by Crippen LogP contribution is 2.30. The highest BCUT2D eigenvalue weighted by molar-refractivity contribution is 6.30. The van der Waals surface area contributed by atoms with Crippen LogP contribution in [0.4, 0.5) is 0 Å². The molecule has 0 spiro atoms. The topological polar surface area (TPSA) is 41.5 Å². The molecule has 2 N–H and O–H groups in total. The first-order valence-electron chi connectivity index (χ1n) is 7.47. The number of benzene rings is 1. The Labute approximate surface area is 126 Å². The van der Waals surface area contributed by atoms with Crippen molar-refractivity contribution in [3.8, 4) is 5.75 Å². The Kier molecular flexibility index (Phi) is 5.70. The van der Waals surface area contributed by atoms with Crippen LogP contribution < -0.4 is 10.1 Å². The fourth-order valence-electron chi connectivity index (χ4n) is 2.79. The summed E-state index contributed by atoms with van der Waals surface area (Å²) in [7, 11) is 0. The summed E-state index contributed by atoms with van der Waals surface area (Å²) in [5.74, 6) is 1.31. The number of rotatable bonds is 7. The number of ether oxygens (including phenoxy) is 1. The van der Waals surface area contributed by atoms with Gasteiger partial charge < -0.3 is 15.2 Å². The fraction of sp³-hybridized carbons (Fsp3) is 0.625. The number of halogens is 1. The molecule has 0 aromatic heterocycles. The third kappa shape index (κ3) is 3.87. The van der Waals surface area contributed by atoms with Gasteiger partial charge in [0.25, 0.3) is 0 Å². The summed E-state index contributed by atoms with van der Waals surface area (Å²) in [6.07, 6.45) is 2.77. The van der Waals surface area contributed by atoms with Crippen LogP contribution in [-0.4, -0.2) is 30.4 Å². The standard InChI is InChI=1S/C16H24ClNO2/c1-3-11(4-2)15(19)10-18-9-14-8-12-7-13(17)5-6-16(12)20-14/h5-7,11,14-15,18-19H,3-4,8-10H2,1-2H3. The first-order chi connectivity index (χ1) is 9.63. The van der Waals surface area contributed by atoms with Crippen molar-refractivity contribution in [1.82, 2.24) is 5.32 Å². The third-order valence-corrected chi connectivity index (χ3v) is 4.32. The van der Waals surface area contributed by atoms with Crippen LogP contribution in [0.2, 0.25) is 5.02 Å². The molecule has 1 aromatic rings. The number of hydrogen-bond acceptors (Lipinski definition) is 3. The van der Waals surface area contributed by atoms with Crippen molar-refractivity contribution in [1.29, 1.82) is 0 Å². The molecule has 1 aliphatic heterocycles. The lowest BCUT2D eigenvalue weighted by Gasteiger charge is -2.21. The van der Waals surface area contributed by atoms with E-state index in [0.717, 1.165) is 36.6 Å². The van der Waals surface area contributed by atoms with E-state index in [-0.39, 0.29) is 12.2 Å². The molecule has 112 valence electrons. The van der Waals surface area contributed by atoms with E-state index in [1.54, 1.807) is 0 Å². The van der Waals surface area contributed by atoms with Crippen LogP contribution in [0.25, 0.3) is 0 Å². The average Bonchev–Trinajstić information content (AvgIpc) is 2.82. The minimum atomic E-state index is -0.275. The Bertz CT molecular complexity index is 434. The molecule has 20 heavy (non-hydrogen) atoms. The molecule has 2 atom stereocenters. The smallest absolute Gasteiger partial charge is 0.123 e. The van der Waals surface area contributed by atoms with Crippen molar-refractivity contribution in [3.63, 3.8) is 0 Å². The van der Waals surface area contributed by atoms with Gasteiger partial charge in [-0.15, -0.1) is 0 Å². The molecule has 2 unspecified atom stereocenters. The SMILES string of the molecule is CCC(CC)C(O)CNCC1Cc2cc(Cl)ccc2O1. The van der Waals surface area contributed by atoms with E-state index in [0.29, 0.717) is 12.5 Å². The number of fused-ring (bicyclic) bond motifs is 1. The third-order valence-electron chi connectivity index (χ3n) is 4.08. The predicted octanol–water partition coefficient (Wildman–Crippen LogP) is 3.03. The summed E-state index contributed by atoms with van der Waals surface area (Å²) in [5.41, 5.74) is 1.17. The maximum Gasteiger partial charge on any atom is 0.123 e. The monoisotopic (exact) mass is 297 g/mol. The normalized spacial score (nSPS) is 18.9. The lowest BCUT2D eigenvalue weighted by atomic mass is 9.96. The predicted molar refractivity (Wildman–Crippen MR) is 82.5 cm³/mol. The Morgan fingerprint density at radius 2 is 2.15 bits per heavy atom. The average molecular weight is 298 g/mol. The van der Waals surface area contributed by atoms with Crippen LogP contribution >= 0.6 is 11.6 Å². The number of nitrogens with one attached hydrogen (secondary N) is 1. The van der Waals surface area contributed by atoms with E-state index < -0.39 is 0 Å². The summed E-state index contributed by atoms with van der Waals surface area (Å²) in [6.45, 7) is 5.63. The summed E-state index contributed by atoms with van der Waals surface area (Å²) >= 11 is 5.98. The molecule has 0 saturated heterocycles. The van der Waals surface area contributed by atoms with Crippen LogP contribution in [-0.2, 0) is 6.42 Å². The van der Waals surface area contributed by atoms with E-state index in [9.17, 15) is 5.11 Å². The quantitative estimate of drug-likeness (QED) is 0.813. The van der Waals surface area contributed by atoms with E-state index >= 15 is 0 Å². The number of hydrogen-bond donors (Lipinski definition) is 2. The van der Waals surface area contributed by atoms with Crippen LogP contribution in [0.3, 0.4) is 0 Å². The van der Waals surface area contributed by atoms with Gasteiger partial charge in [0.1, 0.15) is 11.9 Å². The molecule has 0 radical (unpaired) electrons. The molecule has 1 aliphatic rings. The first kappa shape index (κ1) is 15.6. The van der Waals surface area contributed by atoms with E-state index in [4.69, 9.17) is 16.3 Å². The highest BCUT2D eigenvalue weighted by Gasteiger charge is 2.23. The molecule has 0 amide bonds. The summed E-state index contributed by atoms with van der Waals surface area (Å²) in [5, 5.41) is 14.1. The van der Waals surface area contributed by atoms with E-state index in [2.05, 4.69) is 19.2 Å². The molecule has 3 nitrogen and oxygen atoms in total. The molecular formula is C16H24ClNO2. The van der Waals surface area contributed by atoms with Crippen molar-refractivity contribution in [2.75, 3.05) is 13.1 Å². The molecule has 4 heteroatoms. The van der Waals surface area contributed by atoms with Crippen molar-refractivity contribution in [2.24, 2.45) is 5.92 Å². The van der Waals surface area contributed by atoms with Gasteiger partial charge in [0.05, 0.1) is 6.10 Å². The summed E-state index contributed by atoms with van der Waals surface area (Å²) in [4.78, 5) is 0. The maximum atomic E-state index is 10.1. The Morgan fingerprint density at radius 3 is 2.85 bits per heavy atom. The highest BCUT2D eigenvalue weighted by atomic mass is 35.5. The van der Waals surface area contributed by atoms with Crippen LogP contribution in [0, 0.1) is 5.92 Å². The van der Waals surface area contributed by atoms with Crippen LogP contribution in [0.15, 0.2) is 18.2 Å². The molecule has 1 heterocycles. The van der Waals surface area contributed by atoms with Gasteiger partial charge in [-0.05, 0) is 29.7 Å². The summed E-state index contributed by atoms with van der Waals surface area (Å²) in [6, 6.07) is 5.75. The van der Waals surface area contributed by atoms with Gasteiger partial charge in [-0.2, -0.15) is 0 Å². The van der Waals surface area contributed by atoms with Gasteiger partial charge in [0.2, 0.25) is 0 Å². The zero-order valence-corrected chi connectivity index (χ0v) is 13.0. The van der Waals surface area contributed by atoms with Gasteiger partial charge in [-0.1, -0.05) is 38.3 Å². The molecule has 0 bridgehead atoms. The summed E-state index contributed by atoms with van der Waals surface area (Å²) < 4.78 is 5.85. The molecule has 0 aliphatic carbocycles. The second-order valence-corrected chi connectivity index (χ2v) is 5.93. The Balaban J connectivity index is 1.75. The van der Waals surface area contributed by atoms with Crippen molar-refractivity contribution in [3.05, 3.63) is 28.8 Å². The largest absolute Gasteiger partial charge is 0.488 e. The van der Waals surface area contributed by atoms with Gasteiger partial charge in [-0.3, -0.25) is 0 Å². The molecular weight excluding hydrogens is 274 g/mol. The zero-order chi connectivity index (χ0) is 14.5. The minimum Gasteiger partial charge on any atom is -0.488 e. The van der Waals surface area contributed by atoms with Crippen LogP contribution in [0.5, 0.6) is 5.75 Å².